The van der Waals surface area contributed by atoms with Gasteiger partial charge in [-0.15, -0.1) is 0 Å². The average molecular weight is 272 g/mol. The van der Waals surface area contributed by atoms with Crippen molar-refractivity contribution in [3.8, 4) is 0 Å². The summed E-state index contributed by atoms with van der Waals surface area (Å²) in [5.74, 6) is -0.512. The molecule has 1 atom stereocenters. The second-order valence-corrected chi connectivity index (χ2v) is 5.49. The number of sulfonamides is 1. The monoisotopic (exact) mass is 272 g/mol. The Labute approximate surface area is 106 Å². The van der Waals surface area contributed by atoms with Gasteiger partial charge in [-0.05, 0) is 31.2 Å². The highest BCUT2D eigenvalue weighted by molar-refractivity contribution is 7.89. The van der Waals surface area contributed by atoms with Crippen molar-refractivity contribution in [3.05, 3.63) is 29.8 Å². The zero-order valence-corrected chi connectivity index (χ0v) is 11.0. The van der Waals surface area contributed by atoms with Gasteiger partial charge in [0.15, 0.2) is 0 Å². The third-order valence-electron chi connectivity index (χ3n) is 2.30. The molecule has 7 heteroatoms. The summed E-state index contributed by atoms with van der Waals surface area (Å²) in [6, 6.07) is 5.13. The molecule has 0 radical (unpaired) electrons. The fourth-order valence-corrected chi connectivity index (χ4v) is 2.53. The molecule has 1 rings (SSSR count). The first kappa shape index (κ1) is 14.6. The van der Waals surface area contributed by atoms with Crippen LogP contribution in [0.1, 0.15) is 17.3 Å². The van der Waals surface area contributed by atoms with Crippen LogP contribution in [0.25, 0.3) is 0 Å². The lowest BCUT2D eigenvalue weighted by atomic mass is 10.2. The second kappa shape index (κ2) is 5.94. The lowest BCUT2D eigenvalue weighted by Crippen LogP contribution is -2.37. The number of rotatable bonds is 5. The number of ether oxygens (including phenoxy) is 1. The number of esters is 1. The Hall–Kier alpha value is -1.44. The fourth-order valence-electron chi connectivity index (χ4n) is 1.27. The highest BCUT2D eigenvalue weighted by Crippen LogP contribution is 2.11. The van der Waals surface area contributed by atoms with E-state index in [1.165, 1.54) is 31.4 Å². The summed E-state index contributed by atoms with van der Waals surface area (Å²) in [4.78, 5) is 11.3. The molecule has 18 heavy (non-hydrogen) atoms. The summed E-state index contributed by atoms with van der Waals surface area (Å²) in [6.45, 7) is 1.87. The Balaban J connectivity index is 2.94. The molecule has 0 saturated heterocycles. The molecule has 6 nitrogen and oxygen atoms in total. The summed E-state index contributed by atoms with van der Waals surface area (Å²) in [7, 11) is -2.34. The van der Waals surface area contributed by atoms with Gasteiger partial charge in [0.25, 0.3) is 0 Å². The molecule has 0 bridgehead atoms. The minimum Gasteiger partial charge on any atom is -0.465 e. The average Bonchev–Trinajstić information content (AvgIpc) is 2.37. The molecule has 1 aromatic carbocycles. The lowest BCUT2D eigenvalue weighted by Gasteiger charge is -2.12. The summed E-state index contributed by atoms with van der Waals surface area (Å²) < 4.78 is 30.7. The Kier molecular flexibility index (Phi) is 4.83. The minimum atomic E-state index is -3.60. The molecule has 1 unspecified atom stereocenters. The standard InChI is InChI=1S/C11H16N2O4S/c1-8(7-12)13-18(15,16)10-5-3-9(4-6-10)11(14)17-2/h3-6,8,13H,7,12H2,1-2H3. The van der Waals surface area contributed by atoms with Crippen LogP contribution in [0.15, 0.2) is 29.2 Å². The highest BCUT2D eigenvalue weighted by atomic mass is 32.2. The van der Waals surface area contributed by atoms with Gasteiger partial charge in [-0.25, -0.2) is 17.9 Å². The molecule has 1 aromatic rings. The molecule has 0 aliphatic heterocycles. The molecular formula is C11H16N2O4S. The number of carbonyl (C=O) groups excluding carboxylic acids is 1. The maximum absolute atomic E-state index is 11.9. The van der Waals surface area contributed by atoms with Crippen LogP contribution in [0, 0.1) is 0 Å². The largest absolute Gasteiger partial charge is 0.465 e. The van der Waals surface area contributed by atoms with Crippen LogP contribution in [0.5, 0.6) is 0 Å². The van der Waals surface area contributed by atoms with E-state index in [9.17, 15) is 13.2 Å². The van der Waals surface area contributed by atoms with Gasteiger partial charge >= 0.3 is 5.97 Å². The number of hydrogen-bond acceptors (Lipinski definition) is 5. The SMILES string of the molecule is COC(=O)c1ccc(S(=O)(=O)NC(C)CN)cc1. The van der Waals surface area contributed by atoms with Crippen LogP contribution in [0.2, 0.25) is 0 Å². The van der Waals surface area contributed by atoms with Gasteiger partial charge in [-0.3, -0.25) is 0 Å². The predicted molar refractivity (Wildman–Crippen MR) is 66.6 cm³/mol. The Morgan fingerprint density at radius 2 is 1.94 bits per heavy atom. The van der Waals surface area contributed by atoms with E-state index in [-0.39, 0.29) is 17.5 Å². The van der Waals surface area contributed by atoms with Crippen molar-refractivity contribution in [3.63, 3.8) is 0 Å². The molecule has 0 saturated carbocycles. The number of nitrogens with two attached hydrogens (primary N) is 1. The van der Waals surface area contributed by atoms with E-state index in [1.54, 1.807) is 6.92 Å². The number of methoxy groups -OCH3 is 1. The van der Waals surface area contributed by atoms with Gasteiger partial charge < -0.3 is 10.5 Å². The third-order valence-corrected chi connectivity index (χ3v) is 3.90. The van der Waals surface area contributed by atoms with E-state index in [0.29, 0.717) is 5.56 Å². The minimum absolute atomic E-state index is 0.0791. The molecule has 3 N–H and O–H groups in total. The maximum Gasteiger partial charge on any atom is 0.337 e. The zero-order valence-electron chi connectivity index (χ0n) is 10.2. The van der Waals surface area contributed by atoms with Crippen LogP contribution in [0.4, 0.5) is 0 Å². The molecule has 0 aliphatic carbocycles. The van der Waals surface area contributed by atoms with Crippen LogP contribution < -0.4 is 10.5 Å². The van der Waals surface area contributed by atoms with Crippen molar-refractivity contribution < 1.29 is 17.9 Å². The Bertz CT molecular complexity index is 510. The topological polar surface area (TPSA) is 98.5 Å². The molecule has 0 aliphatic rings. The van der Waals surface area contributed by atoms with E-state index in [4.69, 9.17) is 5.73 Å². The van der Waals surface area contributed by atoms with Gasteiger partial charge in [0.1, 0.15) is 0 Å². The van der Waals surface area contributed by atoms with Gasteiger partial charge in [0, 0.05) is 12.6 Å². The fraction of sp³-hybridized carbons (Fsp3) is 0.364. The summed E-state index contributed by atoms with van der Waals surface area (Å²) >= 11 is 0. The quantitative estimate of drug-likeness (QED) is 0.741. The second-order valence-electron chi connectivity index (χ2n) is 3.77. The van der Waals surface area contributed by atoms with Crippen LogP contribution in [-0.2, 0) is 14.8 Å². The molecule has 0 spiro atoms. The number of hydrogen-bond donors (Lipinski definition) is 2. The first-order valence-corrected chi connectivity index (χ1v) is 6.80. The first-order chi connectivity index (χ1) is 8.40. The van der Waals surface area contributed by atoms with Gasteiger partial charge in [0.2, 0.25) is 10.0 Å². The van der Waals surface area contributed by atoms with Gasteiger partial charge in [0.05, 0.1) is 17.6 Å². The number of benzene rings is 1. The van der Waals surface area contributed by atoms with Crippen LogP contribution >= 0.6 is 0 Å². The van der Waals surface area contributed by atoms with E-state index < -0.39 is 16.0 Å². The summed E-state index contributed by atoms with van der Waals surface area (Å²) in [5.41, 5.74) is 5.65. The van der Waals surface area contributed by atoms with Crippen molar-refractivity contribution in [2.24, 2.45) is 5.73 Å². The van der Waals surface area contributed by atoms with E-state index in [2.05, 4.69) is 9.46 Å². The van der Waals surface area contributed by atoms with E-state index in [0.717, 1.165) is 0 Å². The third kappa shape index (κ3) is 3.52. The smallest absolute Gasteiger partial charge is 0.337 e. The molecule has 100 valence electrons. The van der Waals surface area contributed by atoms with Crippen LogP contribution in [0.3, 0.4) is 0 Å². The predicted octanol–water partition coefficient (Wildman–Crippen LogP) is 0.0987. The van der Waals surface area contributed by atoms with Crippen molar-refractivity contribution in [2.45, 2.75) is 17.9 Å². The van der Waals surface area contributed by atoms with Crippen molar-refractivity contribution in [1.29, 1.82) is 0 Å². The molecular weight excluding hydrogens is 256 g/mol. The highest BCUT2D eigenvalue weighted by Gasteiger charge is 2.17. The summed E-state index contributed by atoms with van der Waals surface area (Å²) in [6.07, 6.45) is 0. The number of carbonyl (C=O) groups is 1. The van der Waals surface area contributed by atoms with Gasteiger partial charge in [-0.1, -0.05) is 0 Å². The Morgan fingerprint density at radius 3 is 2.39 bits per heavy atom. The van der Waals surface area contributed by atoms with Crippen molar-refractivity contribution in [1.82, 2.24) is 4.72 Å². The Morgan fingerprint density at radius 1 is 1.39 bits per heavy atom. The summed E-state index contributed by atoms with van der Waals surface area (Å²) in [5, 5.41) is 0. The molecule has 0 fully saturated rings. The van der Waals surface area contributed by atoms with Crippen molar-refractivity contribution in [2.75, 3.05) is 13.7 Å². The van der Waals surface area contributed by atoms with E-state index >= 15 is 0 Å². The maximum atomic E-state index is 11.9. The lowest BCUT2D eigenvalue weighted by molar-refractivity contribution is 0.0600. The molecule has 0 aromatic heterocycles. The normalized spacial score (nSPS) is 13.1. The van der Waals surface area contributed by atoms with Gasteiger partial charge in [-0.2, -0.15) is 0 Å². The van der Waals surface area contributed by atoms with E-state index in [1.807, 2.05) is 0 Å². The first-order valence-electron chi connectivity index (χ1n) is 5.31. The number of nitrogens with one attached hydrogen (secondary N) is 1. The molecule has 0 heterocycles. The van der Waals surface area contributed by atoms with Crippen molar-refractivity contribution >= 4 is 16.0 Å². The van der Waals surface area contributed by atoms with Crippen LogP contribution in [-0.4, -0.2) is 34.1 Å². The zero-order chi connectivity index (χ0) is 13.8. The molecule has 0 amide bonds.